The predicted molar refractivity (Wildman–Crippen MR) is 76.4 cm³/mol. The van der Waals surface area contributed by atoms with E-state index in [-0.39, 0.29) is 4.90 Å². The largest absolute Gasteiger partial charge is 0.469 e. The SMILES string of the molecule is COC(=O)C(C)c1cn(S(=O)(=O)c2ccc(C)cc2)cn1. The number of benzene rings is 1. The lowest BCUT2D eigenvalue weighted by Crippen LogP contribution is -2.12. The van der Waals surface area contributed by atoms with E-state index in [0.29, 0.717) is 5.69 Å². The maximum absolute atomic E-state index is 12.4. The molecule has 0 bridgehead atoms. The molecule has 0 fully saturated rings. The Morgan fingerprint density at radius 2 is 1.90 bits per heavy atom. The fourth-order valence-corrected chi connectivity index (χ4v) is 2.95. The second-order valence-corrected chi connectivity index (χ2v) is 6.53. The third kappa shape index (κ3) is 2.97. The van der Waals surface area contributed by atoms with Gasteiger partial charge in [0.1, 0.15) is 6.33 Å². The van der Waals surface area contributed by atoms with Gasteiger partial charge in [0.25, 0.3) is 10.0 Å². The maximum Gasteiger partial charge on any atom is 0.314 e. The highest BCUT2D eigenvalue weighted by Crippen LogP contribution is 2.19. The first kappa shape index (κ1) is 15.2. The zero-order chi connectivity index (χ0) is 15.6. The number of esters is 1. The third-order valence-corrected chi connectivity index (χ3v) is 4.80. The molecular weight excluding hydrogens is 292 g/mol. The molecule has 0 aliphatic heterocycles. The van der Waals surface area contributed by atoms with Crippen LogP contribution in [0.4, 0.5) is 0 Å². The highest BCUT2D eigenvalue weighted by molar-refractivity contribution is 7.90. The molecule has 0 aliphatic rings. The molecule has 0 aliphatic carbocycles. The fourth-order valence-electron chi connectivity index (χ4n) is 1.81. The van der Waals surface area contributed by atoms with Crippen molar-refractivity contribution in [3.8, 4) is 0 Å². The lowest BCUT2D eigenvalue weighted by atomic mass is 10.1. The van der Waals surface area contributed by atoms with Crippen molar-refractivity contribution < 1.29 is 17.9 Å². The smallest absolute Gasteiger partial charge is 0.314 e. The average Bonchev–Trinajstić information content (AvgIpc) is 2.96. The first-order valence-corrected chi connectivity index (χ1v) is 7.74. The Morgan fingerprint density at radius 3 is 2.48 bits per heavy atom. The number of hydrogen-bond donors (Lipinski definition) is 0. The zero-order valence-electron chi connectivity index (χ0n) is 12.0. The van der Waals surface area contributed by atoms with E-state index < -0.39 is 21.9 Å². The van der Waals surface area contributed by atoms with Crippen molar-refractivity contribution in [2.45, 2.75) is 24.7 Å². The first-order chi connectivity index (χ1) is 9.86. The molecule has 1 heterocycles. The molecule has 2 rings (SSSR count). The van der Waals surface area contributed by atoms with Gasteiger partial charge in [-0.3, -0.25) is 4.79 Å². The van der Waals surface area contributed by atoms with Crippen LogP contribution in [-0.2, 0) is 19.6 Å². The van der Waals surface area contributed by atoms with Gasteiger partial charge in [0.15, 0.2) is 0 Å². The Kier molecular flexibility index (Phi) is 4.13. The number of ether oxygens (including phenoxy) is 1. The molecule has 21 heavy (non-hydrogen) atoms. The Morgan fingerprint density at radius 1 is 1.29 bits per heavy atom. The molecule has 0 N–H and O–H groups in total. The summed E-state index contributed by atoms with van der Waals surface area (Å²) >= 11 is 0. The van der Waals surface area contributed by atoms with Crippen LogP contribution in [0.15, 0.2) is 41.7 Å². The Balaban J connectivity index is 2.36. The van der Waals surface area contributed by atoms with Crippen LogP contribution in [0.25, 0.3) is 0 Å². The fraction of sp³-hybridized carbons (Fsp3) is 0.286. The molecule has 7 heteroatoms. The van der Waals surface area contributed by atoms with Gasteiger partial charge in [-0.05, 0) is 26.0 Å². The summed E-state index contributed by atoms with van der Waals surface area (Å²) in [6.45, 7) is 3.49. The number of carbonyl (C=O) groups is 1. The number of hydrogen-bond acceptors (Lipinski definition) is 5. The molecule has 6 nitrogen and oxygen atoms in total. The van der Waals surface area contributed by atoms with Crippen molar-refractivity contribution in [1.29, 1.82) is 0 Å². The normalized spacial score (nSPS) is 12.9. The molecule has 2 aromatic rings. The van der Waals surface area contributed by atoms with E-state index in [1.807, 2.05) is 6.92 Å². The summed E-state index contributed by atoms with van der Waals surface area (Å²) in [4.78, 5) is 15.6. The monoisotopic (exact) mass is 308 g/mol. The molecule has 1 aromatic heterocycles. The lowest BCUT2D eigenvalue weighted by Gasteiger charge is -2.06. The van der Waals surface area contributed by atoms with Gasteiger partial charge in [0.05, 0.1) is 23.6 Å². The van der Waals surface area contributed by atoms with Crippen molar-refractivity contribution in [2.24, 2.45) is 0 Å². The molecule has 0 saturated carbocycles. The van der Waals surface area contributed by atoms with E-state index in [9.17, 15) is 13.2 Å². The summed E-state index contributed by atoms with van der Waals surface area (Å²) in [5, 5.41) is 0. The zero-order valence-corrected chi connectivity index (χ0v) is 12.8. The van der Waals surface area contributed by atoms with Crippen molar-refractivity contribution in [1.82, 2.24) is 8.96 Å². The summed E-state index contributed by atoms with van der Waals surface area (Å²) in [6.07, 6.45) is 2.51. The summed E-state index contributed by atoms with van der Waals surface area (Å²) in [5.74, 6) is -1.09. The molecule has 1 atom stereocenters. The summed E-state index contributed by atoms with van der Waals surface area (Å²) in [6, 6.07) is 6.52. The average molecular weight is 308 g/mol. The molecule has 0 radical (unpaired) electrons. The number of aromatic nitrogens is 2. The van der Waals surface area contributed by atoms with Gasteiger partial charge in [0, 0.05) is 6.20 Å². The minimum Gasteiger partial charge on any atom is -0.469 e. The van der Waals surface area contributed by atoms with E-state index in [2.05, 4.69) is 9.72 Å². The maximum atomic E-state index is 12.4. The van der Waals surface area contributed by atoms with Crippen molar-refractivity contribution in [2.75, 3.05) is 7.11 Å². The molecule has 0 saturated heterocycles. The Hall–Kier alpha value is -2.15. The molecule has 0 amide bonds. The van der Waals surface area contributed by atoms with Crippen LogP contribution in [-0.4, -0.2) is 30.5 Å². The first-order valence-electron chi connectivity index (χ1n) is 6.30. The second kappa shape index (κ2) is 5.69. The number of aryl methyl sites for hydroxylation is 1. The molecule has 0 spiro atoms. The molecular formula is C14H16N2O4S. The standard InChI is InChI=1S/C14H16N2O4S/c1-10-4-6-12(7-5-10)21(18,19)16-8-13(15-9-16)11(2)14(17)20-3/h4-9,11H,1-3H3. The van der Waals surface area contributed by atoms with Gasteiger partial charge in [0.2, 0.25) is 0 Å². The number of carbonyl (C=O) groups excluding carboxylic acids is 1. The minimum atomic E-state index is -3.70. The highest BCUT2D eigenvalue weighted by Gasteiger charge is 2.22. The summed E-state index contributed by atoms with van der Waals surface area (Å²) < 4.78 is 30.5. The Labute approximate surface area is 123 Å². The van der Waals surface area contributed by atoms with Crippen LogP contribution in [0.3, 0.4) is 0 Å². The van der Waals surface area contributed by atoms with Crippen LogP contribution in [0.2, 0.25) is 0 Å². The third-order valence-electron chi connectivity index (χ3n) is 3.17. The van der Waals surface area contributed by atoms with Crippen molar-refractivity contribution >= 4 is 16.0 Å². The van der Waals surface area contributed by atoms with Gasteiger partial charge in [-0.2, -0.15) is 0 Å². The predicted octanol–water partition coefficient (Wildman–Crippen LogP) is 1.71. The van der Waals surface area contributed by atoms with Crippen LogP contribution < -0.4 is 0 Å². The highest BCUT2D eigenvalue weighted by atomic mass is 32.2. The van der Waals surface area contributed by atoms with Gasteiger partial charge in [-0.1, -0.05) is 17.7 Å². The van der Waals surface area contributed by atoms with E-state index in [0.717, 1.165) is 9.54 Å². The number of methoxy groups -OCH3 is 1. The summed E-state index contributed by atoms with van der Waals surface area (Å²) in [7, 11) is -2.42. The number of nitrogens with zero attached hydrogens (tertiary/aromatic N) is 2. The quantitative estimate of drug-likeness (QED) is 0.803. The second-order valence-electron chi connectivity index (χ2n) is 4.69. The van der Waals surface area contributed by atoms with Gasteiger partial charge in [-0.25, -0.2) is 17.4 Å². The van der Waals surface area contributed by atoms with Gasteiger partial charge >= 0.3 is 5.97 Å². The molecule has 1 unspecified atom stereocenters. The number of rotatable bonds is 4. The van der Waals surface area contributed by atoms with Crippen molar-refractivity contribution in [3.05, 3.63) is 48.0 Å². The van der Waals surface area contributed by atoms with E-state index >= 15 is 0 Å². The van der Waals surface area contributed by atoms with Crippen LogP contribution >= 0.6 is 0 Å². The number of imidazole rings is 1. The van der Waals surface area contributed by atoms with Gasteiger partial charge < -0.3 is 4.74 Å². The van der Waals surface area contributed by atoms with Crippen LogP contribution in [0.1, 0.15) is 24.1 Å². The Bertz CT molecular complexity index is 748. The van der Waals surface area contributed by atoms with Crippen molar-refractivity contribution in [3.63, 3.8) is 0 Å². The lowest BCUT2D eigenvalue weighted by molar-refractivity contribution is -0.142. The van der Waals surface area contributed by atoms with E-state index in [1.165, 1.54) is 31.8 Å². The van der Waals surface area contributed by atoms with E-state index in [1.54, 1.807) is 19.1 Å². The van der Waals surface area contributed by atoms with Crippen LogP contribution in [0.5, 0.6) is 0 Å². The minimum absolute atomic E-state index is 0.169. The van der Waals surface area contributed by atoms with E-state index in [4.69, 9.17) is 0 Å². The topological polar surface area (TPSA) is 78.3 Å². The summed E-state index contributed by atoms with van der Waals surface area (Å²) in [5.41, 5.74) is 1.32. The molecule has 112 valence electrons. The van der Waals surface area contributed by atoms with Gasteiger partial charge in [-0.15, -0.1) is 0 Å². The van der Waals surface area contributed by atoms with Crippen LogP contribution in [0, 0.1) is 6.92 Å². The molecule has 1 aromatic carbocycles.